The minimum Gasteiger partial charge on any atom is -0.348 e. The van der Waals surface area contributed by atoms with Crippen LogP contribution in [0.4, 0.5) is 10.1 Å². The summed E-state index contributed by atoms with van der Waals surface area (Å²) in [7, 11) is 0. The van der Waals surface area contributed by atoms with Gasteiger partial charge in [0, 0.05) is 38.4 Å². The number of nitrogens with zero attached hydrogens (tertiary/aromatic N) is 2. The Bertz CT molecular complexity index is 693. The predicted molar refractivity (Wildman–Crippen MR) is 103 cm³/mol. The fourth-order valence-corrected chi connectivity index (χ4v) is 3.89. The molecule has 0 radical (unpaired) electrons. The Balaban J connectivity index is 1.55. The van der Waals surface area contributed by atoms with Crippen LogP contribution in [0.3, 0.4) is 0 Å². The molecule has 0 saturated carbocycles. The van der Waals surface area contributed by atoms with Gasteiger partial charge in [-0.15, -0.1) is 0 Å². The van der Waals surface area contributed by atoms with Crippen molar-refractivity contribution in [3.63, 3.8) is 0 Å². The number of anilines is 1. The first-order chi connectivity index (χ1) is 11.6. The van der Waals surface area contributed by atoms with Crippen molar-refractivity contribution in [3.05, 3.63) is 51.4 Å². The maximum Gasteiger partial charge on any atom is 0.173 e. The molecule has 0 bridgehead atoms. The third-order valence-electron chi connectivity index (χ3n) is 4.03. The van der Waals surface area contributed by atoms with E-state index in [0.717, 1.165) is 39.1 Å². The van der Waals surface area contributed by atoms with Gasteiger partial charge in [-0.1, -0.05) is 11.6 Å². The van der Waals surface area contributed by atoms with Gasteiger partial charge in [-0.2, -0.15) is 11.3 Å². The Hall–Kier alpha value is -1.21. The Morgan fingerprint density at radius 2 is 2.12 bits per heavy atom. The molecule has 0 aliphatic carbocycles. The van der Waals surface area contributed by atoms with Crippen LogP contribution in [0.15, 0.2) is 35.0 Å². The second-order valence-corrected chi connectivity index (χ2v) is 7.38. The molecule has 1 aliphatic rings. The monoisotopic (exact) mass is 383 g/mol. The van der Waals surface area contributed by atoms with Crippen LogP contribution in [-0.2, 0) is 6.54 Å². The fourth-order valence-electron chi connectivity index (χ4n) is 2.75. The molecule has 0 atom stereocenters. The fraction of sp³-hybridized carbons (Fsp3) is 0.353. The average Bonchev–Trinajstić information content (AvgIpc) is 2.95. The topological polar surface area (TPSA) is 18.5 Å². The van der Waals surface area contributed by atoms with Crippen molar-refractivity contribution in [2.45, 2.75) is 13.0 Å². The van der Waals surface area contributed by atoms with E-state index >= 15 is 0 Å². The molecule has 0 spiro atoms. The van der Waals surface area contributed by atoms with Crippen LogP contribution >= 0.6 is 35.2 Å². The summed E-state index contributed by atoms with van der Waals surface area (Å²) in [6.07, 6.45) is 1.07. The van der Waals surface area contributed by atoms with Gasteiger partial charge in [-0.05, 0) is 59.2 Å². The van der Waals surface area contributed by atoms with Crippen LogP contribution in [0.1, 0.15) is 12.0 Å². The van der Waals surface area contributed by atoms with Gasteiger partial charge < -0.3 is 10.2 Å². The zero-order valence-corrected chi connectivity index (χ0v) is 15.6. The zero-order valence-electron chi connectivity index (χ0n) is 13.2. The third kappa shape index (κ3) is 4.66. The molecule has 0 unspecified atom stereocenters. The molecule has 7 heteroatoms. The van der Waals surface area contributed by atoms with E-state index in [1.807, 2.05) is 0 Å². The number of thiocarbonyl (C=S) groups is 1. The maximum atomic E-state index is 13.2. The van der Waals surface area contributed by atoms with E-state index in [4.69, 9.17) is 23.8 Å². The number of hydrogen-bond acceptors (Lipinski definition) is 3. The zero-order chi connectivity index (χ0) is 16.9. The van der Waals surface area contributed by atoms with Crippen molar-refractivity contribution in [1.82, 2.24) is 9.80 Å². The summed E-state index contributed by atoms with van der Waals surface area (Å²) in [5.74, 6) is -0.424. The highest BCUT2D eigenvalue weighted by Crippen LogP contribution is 2.20. The van der Waals surface area contributed by atoms with Gasteiger partial charge in [0.05, 0.1) is 5.02 Å². The smallest absolute Gasteiger partial charge is 0.173 e. The standard InChI is InChI=1S/C17H19ClFN3S2/c18-15-10-14(2-3-16(15)19)20-17(23)22-6-1-5-21(7-8-22)11-13-4-9-24-12-13/h2-4,9-10,12H,1,5-8,11H2,(H,20,23). The summed E-state index contributed by atoms with van der Waals surface area (Å²) in [5.41, 5.74) is 2.08. The van der Waals surface area contributed by atoms with E-state index in [2.05, 4.69) is 31.9 Å². The Morgan fingerprint density at radius 1 is 1.25 bits per heavy atom. The molecule has 1 aliphatic heterocycles. The summed E-state index contributed by atoms with van der Waals surface area (Å²) in [4.78, 5) is 4.62. The first kappa shape index (κ1) is 17.6. The number of rotatable bonds is 3. The van der Waals surface area contributed by atoms with Gasteiger partial charge in [-0.3, -0.25) is 4.90 Å². The summed E-state index contributed by atoms with van der Waals surface area (Å²) in [6.45, 7) is 4.83. The lowest BCUT2D eigenvalue weighted by atomic mass is 10.3. The average molecular weight is 384 g/mol. The molecule has 24 heavy (non-hydrogen) atoms. The van der Waals surface area contributed by atoms with E-state index in [1.54, 1.807) is 23.5 Å². The van der Waals surface area contributed by atoms with E-state index in [0.29, 0.717) is 10.8 Å². The number of thiophene rings is 1. The predicted octanol–water partition coefficient (Wildman–Crippen LogP) is 4.45. The van der Waals surface area contributed by atoms with Crippen molar-refractivity contribution in [3.8, 4) is 0 Å². The van der Waals surface area contributed by atoms with Gasteiger partial charge in [-0.25, -0.2) is 4.39 Å². The largest absolute Gasteiger partial charge is 0.348 e. The van der Waals surface area contributed by atoms with Crippen molar-refractivity contribution >= 4 is 46.0 Å². The van der Waals surface area contributed by atoms with E-state index in [-0.39, 0.29) is 5.02 Å². The van der Waals surface area contributed by atoms with Gasteiger partial charge in [0.2, 0.25) is 0 Å². The van der Waals surface area contributed by atoms with Crippen molar-refractivity contribution in [1.29, 1.82) is 0 Å². The Kier molecular flexibility index (Phi) is 6.05. The molecule has 3 rings (SSSR count). The van der Waals surface area contributed by atoms with Gasteiger partial charge >= 0.3 is 0 Å². The van der Waals surface area contributed by atoms with Crippen LogP contribution in [0, 0.1) is 5.82 Å². The number of nitrogens with one attached hydrogen (secondary N) is 1. The SMILES string of the molecule is Fc1ccc(NC(=S)N2CCCN(Cc3ccsc3)CC2)cc1Cl. The molecule has 1 N–H and O–H groups in total. The maximum absolute atomic E-state index is 13.2. The molecule has 1 fully saturated rings. The first-order valence-electron chi connectivity index (χ1n) is 7.86. The molecule has 3 nitrogen and oxygen atoms in total. The molecular weight excluding hydrogens is 365 g/mol. The molecule has 128 valence electrons. The first-order valence-corrected chi connectivity index (χ1v) is 9.59. The van der Waals surface area contributed by atoms with Gasteiger partial charge in [0.15, 0.2) is 5.11 Å². The molecule has 1 aromatic heterocycles. The van der Waals surface area contributed by atoms with Gasteiger partial charge in [0.25, 0.3) is 0 Å². The molecule has 1 aromatic carbocycles. The van der Waals surface area contributed by atoms with Crippen molar-refractivity contribution in [2.75, 3.05) is 31.5 Å². The highest BCUT2D eigenvalue weighted by atomic mass is 35.5. The van der Waals surface area contributed by atoms with E-state index < -0.39 is 5.82 Å². The minimum absolute atomic E-state index is 0.0978. The third-order valence-corrected chi connectivity index (χ3v) is 5.41. The van der Waals surface area contributed by atoms with E-state index in [1.165, 1.54) is 11.6 Å². The highest BCUT2D eigenvalue weighted by molar-refractivity contribution is 7.80. The Morgan fingerprint density at radius 3 is 2.88 bits per heavy atom. The number of hydrogen-bond donors (Lipinski definition) is 1. The second-order valence-electron chi connectivity index (χ2n) is 5.81. The van der Waals surface area contributed by atoms with Crippen LogP contribution < -0.4 is 5.32 Å². The minimum atomic E-state index is -0.424. The number of benzene rings is 1. The van der Waals surface area contributed by atoms with Crippen molar-refractivity contribution in [2.24, 2.45) is 0 Å². The summed E-state index contributed by atoms with van der Waals surface area (Å²) >= 11 is 13.1. The quantitative estimate of drug-likeness (QED) is 0.789. The highest BCUT2D eigenvalue weighted by Gasteiger charge is 2.17. The van der Waals surface area contributed by atoms with Crippen LogP contribution in [-0.4, -0.2) is 41.1 Å². The lowest BCUT2D eigenvalue weighted by molar-refractivity contribution is 0.278. The van der Waals surface area contributed by atoms with Crippen LogP contribution in [0.2, 0.25) is 5.02 Å². The molecule has 2 heterocycles. The molecule has 0 amide bonds. The van der Waals surface area contributed by atoms with Crippen LogP contribution in [0.25, 0.3) is 0 Å². The summed E-state index contributed by atoms with van der Waals surface area (Å²) < 4.78 is 13.2. The van der Waals surface area contributed by atoms with E-state index in [9.17, 15) is 4.39 Å². The summed E-state index contributed by atoms with van der Waals surface area (Å²) in [5, 5.41) is 8.24. The molecule has 2 aromatic rings. The number of halogens is 2. The molecule has 1 saturated heterocycles. The second kappa shape index (κ2) is 8.25. The summed E-state index contributed by atoms with van der Waals surface area (Å²) in [6, 6.07) is 6.73. The lowest BCUT2D eigenvalue weighted by Crippen LogP contribution is -2.37. The normalized spacial score (nSPS) is 16.0. The Labute approximate surface area is 156 Å². The van der Waals surface area contributed by atoms with Crippen molar-refractivity contribution < 1.29 is 4.39 Å². The molecular formula is C17H19ClFN3S2. The van der Waals surface area contributed by atoms with Crippen LogP contribution in [0.5, 0.6) is 0 Å². The van der Waals surface area contributed by atoms with Gasteiger partial charge in [0.1, 0.15) is 5.82 Å². The lowest BCUT2D eigenvalue weighted by Gasteiger charge is -2.24.